The molecule has 1 heterocycles. The predicted molar refractivity (Wildman–Crippen MR) is 91.9 cm³/mol. The number of fused-ring (bicyclic) bond motifs is 1. The highest BCUT2D eigenvalue weighted by atomic mass is 28.1. The maximum atomic E-state index is 3.79. The molecule has 0 aromatic rings. The standard InChI is InChI=1S/C15H32N4.H4Si/c1-4-16-15(17-5-2)14-10-8-7-9-13(14)11-12-19(15)18-6-3;/h13-14,16-18H,4-12H2,1-3H3;1H4. The molecule has 0 bridgehead atoms. The lowest BCUT2D eigenvalue weighted by Crippen LogP contribution is -2.77. The number of nitrogens with one attached hydrogen (secondary N) is 3. The van der Waals surface area contributed by atoms with Crippen molar-refractivity contribution in [2.75, 3.05) is 26.2 Å². The molecule has 2 aliphatic rings. The van der Waals surface area contributed by atoms with Crippen LogP contribution in [-0.4, -0.2) is 47.9 Å². The van der Waals surface area contributed by atoms with Crippen molar-refractivity contribution in [2.24, 2.45) is 11.8 Å². The van der Waals surface area contributed by atoms with Crippen LogP contribution in [0.2, 0.25) is 0 Å². The van der Waals surface area contributed by atoms with Gasteiger partial charge in [-0.15, -0.1) is 0 Å². The minimum Gasteiger partial charge on any atom is -0.286 e. The Morgan fingerprint density at radius 1 is 0.950 bits per heavy atom. The molecule has 0 amide bonds. The van der Waals surface area contributed by atoms with E-state index in [1.54, 1.807) is 0 Å². The summed E-state index contributed by atoms with van der Waals surface area (Å²) in [4.78, 5) is 0. The molecular weight excluding hydrogens is 264 g/mol. The van der Waals surface area contributed by atoms with Crippen molar-refractivity contribution in [3.63, 3.8) is 0 Å². The lowest BCUT2D eigenvalue weighted by Gasteiger charge is -2.57. The summed E-state index contributed by atoms with van der Waals surface area (Å²) in [5.74, 6) is 1.58. The Bertz CT molecular complexity index is 269. The minimum absolute atomic E-state index is 0. The van der Waals surface area contributed by atoms with Crippen LogP contribution < -0.4 is 16.1 Å². The van der Waals surface area contributed by atoms with E-state index in [9.17, 15) is 0 Å². The van der Waals surface area contributed by atoms with Crippen molar-refractivity contribution in [1.29, 1.82) is 0 Å². The lowest BCUT2D eigenvalue weighted by atomic mass is 9.71. The number of rotatable bonds is 6. The van der Waals surface area contributed by atoms with Crippen LogP contribution in [0.1, 0.15) is 52.9 Å². The molecule has 2 fully saturated rings. The van der Waals surface area contributed by atoms with E-state index in [4.69, 9.17) is 0 Å². The second-order valence-corrected chi connectivity index (χ2v) is 5.93. The highest BCUT2D eigenvalue weighted by molar-refractivity contribution is 5.75. The average Bonchev–Trinajstić information content (AvgIpc) is 2.43. The second kappa shape index (κ2) is 8.49. The molecule has 20 heavy (non-hydrogen) atoms. The van der Waals surface area contributed by atoms with E-state index in [1.807, 2.05) is 0 Å². The van der Waals surface area contributed by atoms with Gasteiger partial charge < -0.3 is 0 Å². The number of piperidine rings is 1. The maximum absolute atomic E-state index is 3.79. The molecule has 5 heteroatoms. The van der Waals surface area contributed by atoms with Gasteiger partial charge in [0.15, 0.2) is 0 Å². The second-order valence-electron chi connectivity index (χ2n) is 5.93. The lowest BCUT2D eigenvalue weighted by molar-refractivity contribution is -0.124. The minimum atomic E-state index is -0.0388. The number of nitrogens with zero attached hydrogens (tertiary/aromatic N) is 1. The zero-order valence-electron chi connectivity index (χ0n) is 13.0. The molecule has 1 aliphatic heterocycles. The SMILES string of the molecule is CCNN1CCC2CCCCC2C1(NCC)NCC.[SiH4]. The molecule has 2 atom stereocenters. The molecule has 1 aliphatic carbocycles. The van der Waals surface area contributed by atoms with Gasteiger partial charge in [-0.25, -0.2) is 5.01 Å². The van der Waals surface area contributed by atoms with Crippen LogP contribution >= 0.6 is 0 Å². The maximum Gasteiger partial charge on any atom is 0.141 e. The van der Waals surface area contributed by atoms with Crippen LogP contribution in [0.5, 0.6) is 0 Å². The van der Waals surface area contributed by atoms with Crippen LogP contribution in [-0.2, 0) is 0 Å². The number of hydrogen-bond acceptors (Lipinski definition) is 4. The molecule has 2 rings (SSSR count). The molecule has 0 aromatic carbocycles. The summed E-state index contributed by atoms with van der Waals surface area (Å²) in [7, 11) is 0. The van der Waals surface area contributed by atoms with Crippen LogP contribution in [0, 0.1) is 11.8 Å². The topological polar surface area (TPSA) is 39.3 Å². The first kappa shape index (κ1) is 18.1. The van der Waals surface area contributed by atoms with Crippen molar-refractivity contribution >= 4 is 11.0 Å². The van der Waals surface area contributed by atoms with E-state index in [2.05, 4.69) is 41.8 Å². The van der Waals surface area contributed by atoms with Gasteiger partial charge in [-0.3, -0.25) is 16.1 Å². The fourth-order valence-corrected chi connectivity index (χ4v) is 4.22. The molecular formula is C15H36N4Si. The molecule has 4 nitrogen and oxygen atoms in total. The van der Waals surface area contributed by atoms with Crippen molar-refractivity contribution in [3.05, 3.63) is 0 Å². The first-order chi connectivity index (χ1) is 9.28. The fourth-order valence-electron chi connectivity index (χ4n) is 4.22. The van der Waals surface area contributed by atoms with Gasteiger partial charge in [-0.2, -0.15) is 0 Å². The highest BCUT2D eigenvalue weighted by Gasteiger charge is 2.50. The van der Waals surface area contributed by atoms with Crippen molar-refractivity contribution < 1.29 is 0 Å². The Labute approximate surface area is 129 Å². The van der Waals surface area contributed by atoms with Crippen molar-refractivity contribution in [2.45, 2.75) is 58.7 Å². The molecule has 0 spiro atoms. The zero-order valence-corrected chi connectivity index (χ0v) is 13.0. The molecule has 0 aromatic heterocycles. The van der Waals surface area contributed by atoms with Gasteiger partial charge in [0.05, 0.1) is 0 Å². The van der Waals surface area contributed by atoms with Crippen molar-refractivity contribution in [3.8, 4) is 0 Å². The third kappa shape index (κ3) is 3.44. The van der Waals surface area contributed by atoms with E-state index >= 15 is 0 Å². The fraction of sp³-hybridized carbons (Fsp3) is 1.00. The van der Waals surface area contributed by atoms with Crippen LogP contribution in [0.3, 0.4) is 0 Å². The third-order valence-electron chi connectivity index (χ3n) is 4.84. The molecule has 120 valence electrons. The molecule has 3 N–H and O–H groups in total. The zero-order chi connectivity index (χ0) is 13.7. The first-order valence-corrected chi connectivity index (χ1v) is 8.29. The Balaban J connectivity index is 0.00000200. The summed E-state index contributed by atoms with van der Waals surface area (Å²) in [6, 6.07) is 0. The van der Waals surface area contributed by atoms with Gasteiger partial charge in [0.25, 0.3) is 0 Å². The summed E-state index contributed by atoms with van der Waals surface area (Å²) in [5.41, 5.74) is 3.59. The van der Waals surface area contributed by atoms with Gasteiger partial charge in [-0.1, -0.05) is 33.6 Å². The third-order valence-corrected chi connectivity index (χ3v) is 4.84. The van der Waals surface area contributed by atoms with E-state index in [-0.39, 0.29) is 16.8 Å². The summed E-state index contributed by atoms with van der Waals surface area (Å²) in [6.07, 6.45) is 6.93. The molecule has 2 unspecified atom stereocenters. The smallest absolute Gasteiger partial charge is 0.141 e. The number of hydrogen-bond donors (Lipinski definition) is 3. The van der Waals surface area contributed by atoms with E-state index in [0.29, 0.717) is 0 Å². The molecule has 1 saturated heterocycles. The molecule has 0 radical (unpaired) electrons. The average molecular weight is 301 g/mol. The van der Waals surface area contributed by atoms with Gasteiger partial charge in [0, 0.05) is 19.0 Å². The van der Waals surface area contributed by atoms with Gasteiger partial charge >= 0.3 is 0 Å². The largest absolute Gasteiger partial charge is 0.286 e. The summed E-state index contributed by atoms with van der Waals surface area (Å²) in [5, 5.41) is 10.0. The first-order valence-electron chi connectivity index (χ1n) is 8.29. The Kier molecular flexibility index (Phi) is 7.68. The van der Waals surface area contributed by atoms with Crippen molar-refractivity contribution in [1.82, 2.24) is 21.1 Å². The summed E-state index contributed by atoms with van der Waals surface area (Å²) >= 11 is 0. The summed E-state index contributed by atoms with van der Waals surface area (Å²) in [6.45, 7) is 10.8. The highest BCUT2D eigenvalue weighted by Crippen LogP contribution is 2.42. The van der Waals surface area contributed by atoms with Crippen LogP contribution in [0.15, 0.2) is 0 Å². The molecule has 1 saturated carbocycles. The van der Waals surface area contributed by atoms with Gasteiger partial charge in [-0.05, 0) is 49.2 Å². The number of hydrazine groups is 1. The monoisotopic (exact) mass is 300 g/mol. The van der Waals surface area contributed by atoms with Crippen LogP contribution in [0.4, 0.5) is 0 Å². The van der Waals surface area contributed by atoms with E-state index in [1.165, 1.54) is 32.1 Å². The Morgan fingerprint density at radius 3 is 2.20 bits per heavy atom. The normalized spacial score (nSPS) is 29.6. The van der Waals surface area contributed by atoms with E-state index < -0.39 is 0 Å². The Morgan fingerprint density at radius 2 is 1.60 bits per heavy atom. The van der Waals surface area contributed by atoms with E-state index in [0.717, 1.165) is 38.0 Å². The van der Waals surface area contributed by atoms with Crippen LogP contribution in [0.25, 0.3) is 0 Å². The predicted octanol–water partition coefficient (Wildman–Crippen LogP) is 0.444. The quantitative estimate of drug-likeness (QED) is 0.492. The van der Waals surface area contributed by atoms with Gasteiger partial charge in [0.2, 0.25) is 0 Å². The van der Waals surface area contributed by atoms with Gasteiger partial charge in [0.1, 0.15) is 5.79 Å². The summed E-state index contributed by atoms with van der Waals surface area (Å²) < 4.78 is 0. The Hall–Kier alpha value is 0.0569.